The van der Waals surface area contributed by atoms with Gasteiger partial charge in [-0.2, -0.15) is 0 Å². The van der Waals surface area contributed by atoms with Crippen LogP contribution in [0.3, 0.4) is 0 Å². The van der Waals surface area contributed by atoms with Crippen molar-refractivity contribution >= 4 is 22.8 Å². The molecular formula is C25H35N5O2. The lowest BCUT2D eigenvalue weighted by Gasteiger charge is -2.36. The highest BCUT2D eigenvalue weighted by Gasteiger charge is 2.33. The Labute approximate surface area is 190 Å². The maximum Gasteiger partial charge on any atom is 0.290 e. The molecule has 2 aromatic rings. The molecule has 3 heterocycles. The second kappa shape index (κ2) is 9.22. The molecule has 2 aliphatic heterocycles. The van der Waals surface area contributed by atoms with E-state index in [4.69, 9.17) is 0 Å². The topological polar surface area (TPSA) is 70.5 Å². The Morgan fingerprint density at radius 3 is 2.69 bits per heavy atom. The molecule has 32 heavy (non-hydrogen) atoms. The monoisotopic (exact) mass is 437 g/mol. The molecule has 1 saturated heterocycles. The van der Waals surface area contributed by atoms with Crippen LogP contribution < -0.4 is 5.32 Å². The number of aromatic nitrogens is 2. The van der Waals surface area contributed by atoms with Crippen molar-refractivity contribution in [2.75, 3.05) is 26.2 Å². The van der Waals surface area contributed by atoms with Gasteiger partial charge in [-0.25, -0.2) is 4.98 Å². The highest BCUT2D eigenvalue weighted by Crippen LogP contribution is 2.28. The molecule has 1 aromatic heterocycles. The van der Waals surface area contributed by atoms with E-state index in [1.807, 2.05) is 27.7 Å². The van der Waals surface area contributed by atoms with E-state index in [1.165, 1.54) is 38.5 Å². The number of carbonyl (C=O) groups is 2. The molecule has 5 rings (SSSR count). The predicted octanol–water partition coefficient (Wildman–Crippen LogP) is 3.43. The summed E-state index contributed by atoms with van der Waals surface area (Å²) >= 11 is 0. The normalized spacial score (nSPS) is 22.8. The van der Waals surface area contributed by atoms with Crippen molar-refractivity contribution in [2.24, 2.45) is 0 Å². The van der Waals surface area contributed by atoms with Crippen molar-refractivity contribution < 1.29 is 9.59 Å². The standard InChI is InChI=1S/C25H35N5O2/c1-18-7-5-6-13-28(18)14-12-26-24(31)19-10-11-22-21(17-19)27-23-25(32)29(15-16-30(22)23)20-8-3-2-4-9-20/h10-11,17-18,20H,2-9,12-16H2,1H3,(H,26,31)/t18-/m1/s1. The summed E-state index contributed by atoms with van der Waals surface area (Å²) in [5, 5.41) is 3.06. The van der Waals surface area contributed by atoms with Crippen LogP contribution in [0.15, 0.2) is 18.2 Å². The van der Waals surface area contributed by atoms with Gasteiger partial charge in [-0.05, 0) is 57.4 Å². The number of carbonyl (C=O) groups excluding carboxylic acids is 2. The van der Waals surface area contributed by atoms with Gasteiger partial charge in [-0.3, -0.25) is 14.5 Å². The predicted molar refractivity (Wildman–Crippen MR) is 125 cm³/mol. The van der Waals surface area contributed by atoms with E-state index in [0.717, 1.165) is 50.1 Å². The van der Waals surface area contributed by atoms with Gasteiger partial charge < -0.3 is 14.8 Å². The fourth-order valence-electron chi connectivity index (χ4n) is 5.74. The average molecular weight is 438 g/mol. The van der Waals surface area contributed by atoms with E-state index in [2.05, 4.69) is 22.1 Å². The number of hydrogen-bond donors (Lipinski definition) is 1. The fourth-order valence-corrected chi connectivity index (χ4v) is 5.74. The minimum absolute atomic E-state index is 0.0426. The smallest absolute Gasteiger partial charge is 0.290 e. The van der Waals surface area contributed by atoms with Crippen molar-refractivity contribution in [3.05, 3.63) is 29.6 Å². The molecule has 0 bridgehead atoms. The number of rotatable bonds is 5. The first-order valence-electron chi connectivity index (χ1n) is 12.5. The minimum Gasteiger partial charge on any atom is -0.351 e. The van der Waals surface area contributed by atoms with E-state index >= 15 is 0 Å². The Morgan fingerprint density at radius 2 is 1.88 bits per heavy atom. The van der Waals surface area contributed by atoms with E-state index in [0.29, 0.717) is 30.0 Å². The third-order valence-corrected chi connectivity index (χ3v) is 7.67. The molecule has 7 nitrogen and oxygen atoms in total. The maximum absolute atomic E-state index is 13.2. The largest absolute Gasteiger partial charge is 0.351 e. The minimum atomic E-state index is -0.0716. The number of benzene rings is 1. The zero-order valence-corrected chi connectivity index (χ0v) is 19.2. The Balaban J connectivity index is 1.26. The third kappa shape index (κ3) is 4.15. The summed E-state index contributed by atoms with van der Waals surface area (Å²) in [6.45, 7) is 6.45. The number of fused-ring (bicyclic) bond motifs is 3. The molecule has 2 amide bonds. The summed E-state index contributed by atoms with van der Waals surface area (Å²) in [7, 11) is 0. The summed E-state index contributed by atoms with van der Waals surface area (Å²) in [5.41, 5.74) is 2.28. The Hall–Kier alpha value is -2.41. The van der Waals surface area contributed by atoms with Gasteiger partial charge in [0, 0.05) is 43.8 Å². The van der Waals surface area contributed by atoms with Crippen molar-refractivity contribution in [1.82, 2.24) is 24.7 Å². The lowest BCUT2D eigenvalue weighted by Crippen LogP contribution is -2.47. The fraction of sp³-hybridized carbons (Fsp3) is 0.640. The Morgan fingerprint density at radius 1 is 1.06 bits per heavy atom. The number of imidazole rings is 1. The van der Waals surface area contributed by atoms with Gasteiger partial charge in [-0.15, -0.1) is 0 Å². The second-order valence-electron chi connectivity index (χ2n) is 9.72. The highest BCUT2D eigenvalue weighted by molar-refractivity contribution is 6.00. The molecule has 1 saturated carbocycles. The van der Waals surface area contributed by atoms with Crippen molar-refractivity contribution in [1.29, 1.82) is 0 Å². The van der Waals surface area contributed by atoms with Crippen molar-refractivity contribution in [2.45, 2.75) is 76.9 Å². The van der Waals surface area contributed by atoms with Crippen LogP contribution in [0.2, 0.25) is 0 Å². The Kier molecular flexibility index (Phi) is 6.17. The molecule has 1 aromatic carbocycles. The summed E-state index contributed by atoms with van der Waals surface area (Å²) in [4.78, 5) is 35.1. The van der Waals surface area contributed by atoms with E-state index < -0.39 is 0 Å². The number of piperidine rings is 1. The molecule has 2 fully saturated rings. The molecule has 1 aliphatic carbocycles. The van der Waals surface area contributed by atoms with Gasteiger partial charge in [0.2, 0.25) is 0 Å². The van der Waals surface area contributed by atoms with Crippen LogP contribution in [0.25, 0.3) is 11.0 Å². The summed E-state index contributed by atoms with van der Waals surface area (Å²) in [5.74, 6) is 0.493. The van der Waals surface area contributed by atoms with Gasteiger partial charge >= 0.3 is 0 Å². The summed E-state index contributed by atoms with van der Waals surface area (Å²) in [6, 6.07) is 6.58. The van der Waals surface area contributed by atoms with Crippen LogP contribution in [0.4, 0.5) is 0 Å². The van der Waals surface area contributed by atoms with Crippen LogP contribution >= 0.6 is 0 Å². The zero-order valence-electron chi connectivity index (χ0n) is 19.2. The van der Waals surface area contributed by atoms with Gasteiger partial charge in [-0.1, -0.05) is 25.7 Å². The molecule has 172 valence electrons. The number of amides is 2. The van der Waals surface area contributed by atoms with Crippen LogP contribution in [0.1, 0.15) is 79.3 Å². The van der Waals surface area contributed by atoms with E-state index in [9.17, 15) is 9.59 Å². The van der Waals surface area contributed by atoms with Crippen molar-refractivity contribution in [3.8, 4) is 0 Å². The quantitative estimate of drug-likeness (QED) is 0.778. The van der Waals surface area contributed by atoms with Gasteiger partial charge in [0.1, 0.15) is 0 Å². The highest BCUT2D eigenvalue weighted by atomic mass is 16.2. The van der Waals surface area contributed by atoms with E-state index in [-0.39, 0.29) is 11.8 Å². The first-order valence-corrected chi connectivity index (χ1v) is 12.5. The average Bonchev–Trinajstić information content (AvgIpc) is 3.20. The Bertz CT molecular complexity index is 994. The molecule has 0 radical (unpaired) electrons. The number of likely N-dealkylation sites (tertiary alicyclic amines) is 1. The number of nitrogens with one attached hydrogen (secondary N) is 1. The molecular weight excluding hydrogens is 402 g/mol. The second-order valence-corrected chi connectivity index (χ2v) is 9.72. The van der Waals surface area contributed by atoms with Crippen LogP contribution in [-0.4, -0.2) is 69.4 Å². The molecule has 1 atom stereocenters. The SMILES string of the molecule is C[C@@H]1CCCCN1CCNC(=O)c1ccc2c(c1)nc1n2CCN(C2CCCCC2)C1=O. The van der Waals surface area contributed by atoms with Crippen LogP contribution in [-0.2, 0) is 6.54 Å². The molecule has 1 N–H and O–H groups in total. The zero-order chi connectivity index (χ0) is 22.1. The van der Waals surface area contributed by atoms with Crippen molar-refractivity contribution in [3.63, 3.8) is 0 Å². The van der Waals surface area contributed by atoms with Crippen LogP contribution in [0.5, 0.6) is 0 Å². The molecule has 3 aliphatic rings. The van der Waals surface area contributed by atoms with Gasteiger partial charge in [0.25, 0.3) is 11.8 Å². The van der Waals surface area contributed by atoms with E-state index in [1.54, 1.807) is 0 Å². The summed E-state index contributed by atoms with van der Waals surface area (Å²) < 4.78 is 2.02. The summed E-state index contributed by atoms with van der Waals surface area (Å²) in [6.07, 6.45) is 9.70. The van der Waals surface area contributed by atoms with Crippen LogP contribution in [0, 0.1) is 0 Å². The lowest BCUT2D eigenvalue weighted by atomic mass is 9.94. The molecule has 0 spiro atoms. The number of nitrogens with zero attached hydrogens (tertiary/aromatic N) is 4. The first-order chi connectivity index (χ1) is 15.6. The molecule has 0 unspecified atom stereocenters. The number of hydrogen-bond acceptors (Lipinski definition) is 4. The third-order valence-electron chi connectivity index (χ3n) is 7.67. The maximum atomic E-state index is 13.2. The molecule has 7 heteroatoms. The van der Waals surface area contributed by atoms with Gasteiger partial charge in [0.05, 0.1) is 11.0 Å². The first kappa shape index (κ1) is 21.4. The lowest BCUT2D eigenvalue weighted by molar-refractivity contribution is 0.0566. The van der Waals surface area contributed by atoms with Gasteiger partial charge in [0.15, 0.2) is 5.82 Å².